The molecule has 0 atom stereocenters. The summed E-state index contributed by atoms with van der Waals surface area (Å²) in [6.07, 6.45) is 1.79. The van der Waals surface area contributed by atoms with Crippen LogP contribution in [0, 0.1) is 11.3 Å². The van der Waals surface area contributed by atoms with E-state index in [2.05, 4.69) is 6.07 Å². The summed E-state index contributed by atoms with van der Waals surface area (Å²) in [5.74, 6) is -0.301. The van der Waals surface area contributed by atoms with Crippen molar-refractivity contribution in [1.29, 1.82) is 5.26 Å². The minimum absolute atomic E-state index is 0.238. The maximum absolute atomic E-state index is 10.9. The average molecular weight is 390 g/mol. The first-order valence-corrected chi connectivity index (χ1v) is 8.86. The van der Waals surface area contributed by atoms with Crippen LogP contribution in [0.3, 0.4) is 0 Å². The Morgan fingerprint density at radius 1 is 1.04 bits per heavy atom. The van der Waals surface area contributed by atoms with Crippen molar-refractivity contribution in [3.8, 4) is 11.8 Å². The van der Waals surface area contributed by atoms with Crippen molar-refractivity contribution in [1.82, 2.24) is 0 Å². The molecule has 0 heterocycles. The van der Waals surface area contributed by atoms with Crippen LogP contribution in [0.2, 0.25) is 5.02 Å². The second kappa shape index (κ2) is 8.90. The van der Waals surface area contributed by atoms with Crippen LogP contribution in [0.5, 0.6) is 5.75 Å². The number of hydrogen-bond acceptors (Lipinski definition) is 3. The summed E-state index contributed by atoms with van der Waals surface area (Å²) in [6, 6.07) is 23.3. The molecule has 0 aliphatic rings. The summed E-state index contributed by atoms with van der Waals surface area (Å²) in [4.78, 5) is 10.9. The van der Waals surface area contributed by atoms with E-state index < -0.39 is 5.97 Å². The molecule has 0 saturated heterocycles. The van der Waals surface area contributed by atoms with E-state index in [0.717, 1.165) is 16.7 Å². The van der Waals surface area contributed by atoms with Gasteiger partial charge in [-0.1, -0.05) is 48.0 Å². The molecule has 0 spiro atoms. The fraction of sp³-hybridized carbons (Fsp3) is 0.0435. The molecule has 0 amide bonds. The van der Waals surface area contributed by atoms with Crippen molar-refractivity contribution in [2.24, 2.45) is 0 Å². The molecule has 0 saturated carbocycles. The third-order valence-electron chi connectivity index (χ3n) is 4.05. The smallest absolute Gasteiger partial charge is 0.335 e. The van der Waals surface area contributed by atoms with Crippen LogP contribution in [0.4, 0.5) is 0 Å². The fourth-order valence-electron chi connectivity index (χ4n) is 2.58. The molecular formula is C23H16ClNO3. The minimum Gasteiger partial charge on any atom is -0.489 e. The van der Waals surface area contributed by atoms with Gasteiger partial charge in [-0.05, 0) is 59.2 Å². The number of halogens is 1. The predicted octanol–water partition coefficient (Wildman–Crippen LogP) is 5.68. The van der Waals surface area contributed by atoms with E-state index in [4.69, 9.17) is 21.4 Å². The molecule has 0 aliphatic carbocycles. The van der Waals surface area contributed by atoms with Gasteiger partial charge in [0.15, 0.2) is 0 Å². The quantitative estimate of drug-likeness (QED) is 0.434. The third-order valence-corrected chi connectivity index (χ3v) is 4.30. The summed E-state index contributed by atoms with van der Waals surface area (Å²) in [6.45, 7) is 0.315. The number of carboxylic acid groups (broad SMARTS) is 1. The van der Waals surface area contributed by atoms with Gasteiger partial charge in [-0.25, -0.2) is 4.79 Å². The molecule has 3 rings (SSSR count). The lowest BCUT2D eigenvalue weighted by Crippen LogP contribution is -1.99. The van der Waals surface area contributed by atoms with Gasteiger partial charge in [-0.3, -0.25) is 0 Å². The fourth-order valence-corrected chi connectivity index (χ4v) is 2.71. The molecule has 0 bridgehead atoms. The van der Waals surface area contributed by atoms with Crippen LogP contribution in [0.25, 0.3) is 11.6 Å². The topological polar surface area (TPSA) is 70.3 Å². The Morgan fingerprint density at radius 3 is 2.36 bits per heavy atom. The van der Waals surface area contributed by atoms with Crippen LogP contribution in [0.15, 0.2) is 72.8 Å². The van der Waals surface area contributed by atoms with E-state index in [1.54, 1.807) is 54.6 Å². The Balaban J connectivity index is 1.73. The molecule has 138 valence electrons. The molecular weight excluding hydrogens is 374 g/mol. The molecule has 3 aromatic carbocycles. The summed E-state index contributed by atoms with van der Waals surface area (Å²) < 4.78 is 5.79. The van der Waals surface area contributed by atoms with Gasteiger partial charge in [0, 0.05) is 5.02 Å². The van der Waals surface area contributed by atoms with Crippen LogP contribution < -0.4 is 4.74 Å². The summed E-state index contributed by atoms with van der Waals surface area (Å²) in [5, 5.41) is 19.0. The number of hydrogen-bond donors (Lipinski definition) is 1. The van der Waals surface area contributed by atoms with Crippen molar-refractivity contribution >= 4 is 29.2 Å². The van der Waals surface area contributed by atoms with Gasteiger partial charge in [0.1, 0.15) is 12.4 Å². The first kappa shape index (κ1) is 19.2. The Kier molecular flexibility index (Phi) is 6.11. The van der Waals surface area contributed by atoms with Crippen molar-refractivity contribution in [3.63, 3.8) is 0 Å². The zero-order valence-corrected chi connectivity index (χ0v) is 15.6. The summed E-state index contributed by atoms with van der Waals surface area (Å²) >= 11 is 5.90. The highest BCUT2D eigenvalue weighted by atomic mass is 35.5. The van der Waals surface area contributed by atoms with Gasteiger partial charge < -0.3 is 9.84 Å². The zero-order chi connectivity index (χ0) is 19.9. The highest BCUT2D eigenvalue weighted by Gasteiger charge is 2.04. The zero-order valence-electron chi connectivity index (χ0n) is 14.8. The standard InChI is InChI=1S/C23H16ClNO3/c24-21-10-8-18(9-11-21)20(14-25)12-17-2-1-3-22(13-17)28-15-16-4-6-19(7-5-16)23(26)27/h1-13H,15H2,(H,26,27)/b20-12+. The highest BCUT2D eigenvalue weighted by Crippen LogP contribution is 2.22. The number of carboxylic acids is 1. The molecule has 0 fully saturated rings. The molecule has 0 aromatic heterocycles. The van der Waals surface area contributed by atoms with Gasteiger partial charge in [-0.2, -0.15) is 5.26 Å². The molecule has 0 unspecified atom stereocenters. The predicted molar refractivity (Wildman–Crippen MR) is 109 cm³/mol. The first-order chi connectivity index (χ1) is 13.5. The number of nitriles is 1. The van der Waals surface area contributed by atoms with Gasteiger partial charge in [0.2, 0.25) is 0 Å². The van der Waals surface area contributed by atoms with E-state index in [1.807, 2.05) is 24.3 Å². The van der Waals surface area contributed by atoms with Crippen molar-refractivity contribution in [2.75, 3.05) is 0 Å². The van der Waals surface area contributed by atoms with Gasteiger partial charge >= 0.3 is 5.97 Å². The number of aromatic carboxylic acids is 1. The minimum atomic E-state index is -0.957. The lowest BCUT2D eigenvalue weighted by molar-refractivity contribution is 0.0697. The molecule has 28 heavy (non-hydrogen) atoms. The van der Waals surface area contributed by atoms with Gasteiger partial charge in [-0.15, -0.1) is 0 Å². The Bertz CT molecular complexity index is 1050. The lowest BCUT2D eigenvalue weighted by atomic mass is 10.0. The number of nitrogens with zero attached hydrogens (tertiary/aromatic N) is 1. The molecule has 0 radical (unpaired) electrons. The van der Waals surface area contributed by atoms with E-state index >= 15 is 0 Å². The van der Waals surface area contributed by atoms with E-state index in [1.165, 1.54) is 0 Å². The molecule has 4 nitrogen and oxygen atoms in total. The van der Waals surface area contributed by atoms with Crippen LogP contribution >= 0.6 is 11.6 Å². The Morgan fingerprint density at radius 2 is 1.71 bits per heavy atom. The number of carbonyl (C=O) groups is 1. The largest absolute Gasteiger partial charge is 0.489 e. The second-order valence-electron chi connectivity index (χ2n) is 6.04. The van der Waals surface area contributed by atoms with E-state index in [9.17, 15) is 10.1 Å². The summed E-state index contributed by atoms with van der Waals surface area (Å²) in [7, 11) is 0. The van der Waals surface area contributed by atoms with Gasteiger partial charge in [0.25, 0.3) is 0 Å². The monoisotopic (exact) mass is 389 g/mol. The van der Waals surface area contributed by atoms with Crippen molar-refractivity contribution in [2.45, 2.75) is 6.61 Å². The molecule has 5 heteroatoms. The lowest BCUT2D eigenvalue weighted by Gasteiger charge is -2.08. The molecule has 1 N–H and O–H groups in total. The highest BCUT2D eigenvalue weighted by molar-refractivity contribution is 6.30. The van der Waals surface area contributed by atoms with Gasteiger partial charge in [0.05, 0.1) is 17.2 Å². The maximum atomic E-state index is 10.9. The first-order valence-electron chi connectivity index (χ1n) is 8.48. The van der Waals surface area contributed by atoms with Crippen LogP contribution in [-0.4, -0.2) is 11.1 Å². The van der Waals surface area contributed by atoms with Crippen molar-refractivity contribution in [3.05, 3.63) is 100 Å². The maximum Gasteiger partial charge on any atom is 0.335 e. The number of rotatable bonds is 6. The Hall–Kier alpha value is -3.55. The molecule has 3 aromatic rings. The second-order valence-corrected chi connectivity index (χ2v) is 6.48. The van der Waals surface area contributed by atoms with E-state index in [0.29, 0.717) is 23.0 Å². The SMILES string of the molecule is N#C/C(=C\c1cccc(OCc2ccc(C(=O)O)cc2)c1)c1ccc(Cl)cc1. The number of benzene rings is 3. The average Bonchev–Trinajstić information content (AvgIpc) is 2.72. The van der Waals surface area contributed by atoms with Crippen molar-refractivity contribution < 1.29 is 14.6 Å². The molecule has 0 aliphatic heterocycles. The normalized spacial score (nSPS) is 10.9. The van der Waals surface area contributed by atoms with E-state index in [-0.39, 0.29) is 5.56 Å². The Labute approximate surface area is 167 Å². The summed E-state index contributed by atoms with van der Waals surface area (Å²) in [5.41, 5.74) is 3.26. The van der Waals surface area contributed by atoms with Crippen LogP contribution in [-0.2, 0) is 6.61 Å². The third kappa shape index (κ3) is 5.00. The van der Waals surface area contributed by atoms with Crippen LogP contribution in [0.1, 0.15) is 27.0 Å². The number of ether oxygens (including phenoxy) is 1. The number of allylic oxidation sites excluding steroid dienone is 1.